The molecule has 1 aliphatic carbocycles. The predicted molar refractivity (Wildman–Crippen MR) is 81.7 cm³/mol. The third-order valence-electron chi connectivity index (χ3n) is 4.75. The monoisotopic (exact) mass is 310 g/mol. The molecule has 0 aromatic heterocycles. The molecule has 6 heteroatoms. The van der Waals surface area contributed by atoms with E-state index < -0.39 is 10.0 Å². The molecule has 2 fully saturated rings. The summed E-state index contributed by atoms with van der Waals surface area (Å²) >= 11 is 0. The molecule has 5 nitrogen and oxygen atoms in total. The van der Waals surface area contributed by atoms with E-state index in [-0.39, 0.29) is 16.6 Å². The number of sulfonamides is 1. The quantitative estimate of drug-likeness (QED) is 0.869. The third-order valence-corrected chi connectivity index (χ3v) is 6.74. The number of benzene rings is 1. The molecule has 1 heterocycles. The number of ether oxygens (including phenoxy) is 1. The lowest BCUT2D eigenvalue weighted by Gasteiger charge is -2.36. The highest BCUT2D eigenvalue weighted by Crippen LogP contribution is 2.40. The normalized spacial score (nSPS) is 26.5. The molecule has 1 aromatic rings. The second kappa shape index (κ2) is 5.50. The first-order chi connectivity index (χ1) is 10.0. The Morgan fingerprint density at radius 3 is 2.71 bits per heavy atom. The first kappa shape index (κ1) is 14.7. The van der Waals surface area contributed by atoms with Gasteiger partial charge < -0.3 is 10.5 Å². The smallest absolute Gasteiger partial charge is 0.245 e. The molecule has 116 valence electrons. The van der Waals surface area contributed by atoms with Crippen molar-refractivity contribution in [3.8, 4) is 5.75 Å². The van der Waals surface area contributed by atoms with Crippen LogP contribution in [0.15, 0.2) is 23.1 Å². The SMILES string of the molecule is COc1ccc(S(=O)(=O)N2CCCC3CCCC32)c(N)c1. The fourth-order valence-electron chi connectivity index (χ4n) is 3.72. The lowest BCUT2D eigenvalue weighted by molar-refractivity contribution is 0.202. The van der Waals surface area contributed by atoms with Crippen molar-refractivity contribution in [2.75, 3.05) is 19.4 Å². The van der Waals surface area contributed by atoms with E-state index in [0.29, 0.717) is 18.2 Å². The van der Waals surface area contributed by atoms with E-state index >= 15 is 0 Å². The Bertz CT molecular complexity index is 630. The summed E-state index contributed by atoms with van der Waals surface area (Å²) < 4.78 is 32.7. The highest BCUT2D eigenvalue weighted by molar-refractivity contribution is 7.89. The number of nitrogen functional groups attached to an aromatic ring is 1. The summed E-state index contributed by atoms with van der Waals surface area (Å²) in [4.78, 5) is 0.204. The number of piperidine rings is 1. The van der Waals surface area contributed by atoms with Crippen LogP contribution in [0.3, 0.4) is 0 Å². The van der Waals surface area contributed by atoms with Crippen molar-refractivity contribution in [1.29, 1.82) is 0 Å². The largest absolute Gasteiger partial charge is 0.497 e. The Kier molecular flexibility index (Phi) is 3.84. The number of rotatable bonds is 3. The summed E-state index contributed by atoms with van der Waals surface area (Å²) in [5.41, 5.74) is 6.20. The summed E-state index contributed by atoms with van der Waals surface area (Å²) in [6.45, 7) is 0.606. The lowest BCUT2D eigenvalue weighted by atomic mass is 9.94. The standard InChI is InChI=1S/C15H22N2O3S/c1-20-12-7-8-15(13(16)10-12)21(18,19)17-9-3-5-11-4-2-6-14(11)17/h7-8,10-11,14H,2-6,9,16H2,1H3. The Morgan fingerprint density at radius 2 is 2.00 bits per heavy atom. The van der Waals surface area contributed by atoms with Crippen molar-refractivity contribution in [3.05, 3.63) is 18.2 Å². The topological polar surface area (TPSA) is 72.6 Å². The van der Waals surface area contributed by atoms with Gasteiger partial charge in [0.05, 0.1) is 12.8 Å². The molecular formula is C15H22N2O3S. The molecule has 2 unspecified atom stereocenters. The maximum Gasteiger partial charge on any atom is 0.245 e. The van der Waals surface area contributed by atoms with Crippen LogP contribution in [0.2, 0.25) is 0 Å². The van der Waals surface area contributed by atoms with Gasteiger partial charge in [0.1, 0.15) is 10.6 Å². The van der Waals surface area contributed by atoms with E-state index in [2.05, 4.69) is 0 Å². The summed E-state index contributed by atoms with van der Waals surface area (Å²) in [5, 5.41) is 0. The van der Waals surface area contributed by atoms with Crippen molar-refractivity contribution in [2.45, 2.75) is 43.0 Å². The van der Waals surface area contributed by atoms with Crippen LogP contribution in [0.5, 0.6) is 5.75 Å². The Balaban J connectivity index is 1.96. The van der Waals surface area contributed by atoms with Crippen LogP contribution in [-0.2, 0) is 10.0 Å². The minimum Gasteiger partial charge on any atom is -0.497 e. The summed E-state index contributed by atoms with van der Waals surface area (Å²) in [6.07, 6.45) is 5.33. The van der Waals surface area contributed by atoms with Crippen molar-refractivity contribution in [1.82, 2.24) is 4.31 Å². The second-order valence-electron chi connectivity index (χ2n) is 5.92. The molecule has 3 rings (SSSR count). The predicted octanol–water partition coefficient (Wildman–Crippen LogP) is 2.23. The maximum atomic E-state index is 13.0. The zero-order chi connectivity index (χ0) is 15.0. The zero-order valence-corrected chi connectivity index (χ0v) is 13.1. The fourth-order valence-corrected chi connectivity index (χ4v) is 5.57. The molecule has 1 aliphatic heterocycles. The lowest BCUT2D eigenvalue weighted by Crippen LogP contribution is -2.46. The van der Waals surface area contributed by atoms with Gasteiger partial charge in [0.25, 0.3) is 0 Å². The first-order valence-electron chi connectivity index (χ1n) is 7.49. The number of hydrogen-bond acceptors (Lipinski definition) is 4. The molecule has 2 aliphatic rings. The molecule has 2 atom stereocenters. The van der Waals surface area contributed by atoms with Crippen LogP contribution in [0, 0.1) is 5.92 Å². The average molecular weight is 310 g/mol. The van der Waals surface area contributed by atoms with Gasteiger partial charge in [0.15, 0.2) is 0 Å². The van der Waals surface area contributed by atoms with Gasteiger partial charge in [-0.1, -0.05) is 6.42 Å². The van der Waals surface area contributed by atoms with E-state index in [4.69, 9.17) is 10.5 Å². The molecule has 0 bridgehead atoms. The highest BCUT2D eigenvalue weighted by Gasteiger charge is 2.41. The summed E-state index contributed by atoms with van der Waals surface area (Å²) in [7, 11) is -1.98. The third kappa shape index (κ3) is 2.51. The van der Waals surface area contributed by atoms with Gasteiger partial charge in [-0.15, -0.1) is 0 Å². The van der Waals surface area contributed by atoms with Crippen LogP contribution in [0.4, 0.5) is 5.69 Å². The number of fused-ring (bicyclic) bond motifs is 1. The molecule has 21 heavy (non-hydrogen) atoms. The zero-order valence-electron chi connectivity index (χ0n) is 12.3. The van der Waals surface area contributed by atoms with E-state index in [1.807, 2.05) is 0 Å². The minimum atomic E-state index is -3.52. The fraction of sp³-hybridized carbons (Fsp3) is 0.600. The van der Waals surface area contributed by atoms with Crippen molar-refractivity contribution >= 4 is 15.7 Å². The number of nitrogens with two attached hydrogens (primary N) is 1. The van der Waals surface area contributed by atoms with Crippen molar-refractivity contribution in [2.24, 2.45) is 5.92 Å². The molecular weight excluding hydrogens is 288 g/mol. The summed E-state index contributed by atoms with van der Waals surface area (Å²) in [5.74, 6) is 1.09. The van der Waals surface area contributed by atoms with Gasteiger partial charge in [-0.25, -0.2) is 8.42 Å². The van der Waals surface area contributed by atoms with Gasteiger partial charge in [0.2, 0.25) is 10.0 Å². The van der Waals surface area contributed by atoms with Crippen LogP contribution in [-0.4, -0.2) is 32.4 Å². The highest BCUT2D eigenvalue weighted by atomic mass is 32.2. The molecule has 2 N–H and O–H groups in total. The van der Waals surface area contributed by atoms with E-state index in [9.17, 15) is 8.42 Å². The number of methoxy groups -OCH3 is 1. The number of anilines is 1. The molecule has 1 saturated heterocycles. The average Bonchev–Trinajstić information content (AvgIpc) is 2.94. The first-order valence-corrected chi connectivity index (χ1v) is 8.93. The number of hydrogen-bond donors (Lipinski definition) is 1. The molecule has 0 spiro atoms. The van der Waals surface area contributed by atoms with Crippen LogP contribution < -0.4 is 10.5 Å². The molecule has 0 amide bonds. The van der Waals surface area contributed by atoms with Gasteiger partial charge in [-0.3, -0.25) is 0 Å². The van der Waals surface area contributed by atoms with E-state index in [1.165, 1.54) is 7.11 Å². The maximum absolute atomic E-state index is 13.0. The number of nitrogens with zero attached hydrogens (tertiary/aromatic N) is 1. The van der Waals surface area contributed by atoms with Gasteiger partial charge in [-0.05, 0) is 43.7 Å². The van der Waals surface area contributed by atoms with Crippen LogP contribution >= 0.6 is 0 Å². The van der Waals surface area contributed by atoms with Crippen molar-refractivity contribution < 1.29 is 13.2 Å². The Labute approximate surface area is 126 Å². The van der Waals surface area contributed by atoms with Crippen LogP contribution in [0.25, 0.3) is 0 Å². The Morgan fingerprint density at radius 1 is 1.24 bits per heavy atom. The van der Waals surface area contributed by atoms with Crippen molar-refractivity contribution in [3.63, 3.8) is 0 Å². The van der Waals surface area contributed by atoms with Gasteiger partial charge in [0, 0.05) is 18.7 Å². The Hall–Kier alpha value is -1.27. The molecule has 1 aromatic carbocycles. The van der Waals surface area contributed by atoms with Gasteiger partial charge >= 0.3 is 0 Å². The molecule has 1 saturated carbocycles. The van der Waals surface area contributed by atoms with E-state index in [1.54, 1.807) is 22.5 Å². The second-order valence-corrected chi connectivity index (χ2v) is 7.78. The minimum absolute atomic E-state index is 0.158. The molecule has 0 radical (unpaired) electrons. The van der Waals surface area contributed by atoms with E-state index in [0.717, 1.165) is 32.1 Å². The summed E-state index contributed by atoms with van der Waals surface area (Å²) in [6, 6.07) is 4.94. The van der Waals surface area contributed by atoms with Gasteiger partial charge in [-0.2, -0.15) is 4.31 Å². The van der Waals surface area contributed by atoms with Crippen LogP contribution in [0.1, 0.15) is 32.1 Å².